The van der Waals surface area contributed by atoms with E-state index >= 15 is 0 Å². The Morgan fingerprint density at radius 1 is 1.33 bits per heavy atom. The summed E-state index contributed by atoms with van der Waals surface area (Å²) in [6, 6.07) is 0.283. The summed E-state index contributed by atoms with van der Waals surface area (Å²) < 4.78 is 0. The van der Waals surface area contributed by atoms with E-state index in [4.69, 9.17) is 10.2 Å². The summed E-state index contributed by atoms with van der Waals surface area (Å²) in [4.78, 5) is 4.38. The largest absolute Gasteiger partial charge is 0.396 e. The second kappa shape index (κ2) is 6.40. The molecule has 1 saturated heterocycles. The van der Waals surface area contributed by atoms with Crippen LogP contribution in [0.5, 0.6) is 0 Å². The highest BCUT2D eigenvalue weighted by atomic mass is 16.3. The first-order chi connectivity index (χ1) is 7.20. The maximum absolute atomic E-state index is 9.07. The van der Waals surface area contributed by atoms with Gasteiger partial charge >= 0.3 is 0 Å². The van der Waals surface area contributed by atoms with Crippen LogP contribution in [-0.2, 0) is 0 Å². The molecule has 0 aliphatic carbocycles. The fourth-order valence-corrected chi connectivity index (χ4v) is 2.26. The van der Waals surface area contributed by atoms with Crippen LogP contribution in [0, 0.1) is 0 Å². The van der Waals surface area contributed by atoms with Crippen molar-refractivity contribution in [1.82, 2.24) is 15.1 Å². The molecule has 0 amide bonds. The topological polar surface area (TPSA) is 59.0 Å². The molecule has 3 N–H and O–H groups in total. The van der Waals surface area contributed by atoms with Crippen LogP contribution < -0.4 is 5.32 Å². The van der Waals surface area contributed by atoms with Gasteiger partial charge in [-0.2, -0.15) is 0 Å². The van der Waals surface area contributed by atoms with Crippen LogP contribution in [0.2, 0.25) is 0 Å². The van der Waals surface area contributed by atoms with E-state index < -0.39 is 0 Å². The minimum absolute atomic E-state index is 0.183. The van der Waals surface area contributed by atoms with Gasteiger partial charge in [-0.25, -0.2) is 0 Å². The molecule has 0 aromatic carbocycles. The molecule has 5 nitrogen and oxygen atoms in total. The normalized spacial score (nSPS) is 28.6. The van der Waals surface area contributed by atoms with Crippen LogP contribution >= 0.6 is 0 Å². The van der Waals surface area contributed by atoms with E-state index in [9.17, 15) is 0 Å². The first kappa shape index (κ1) is 12.9. The molecule has 0 spiro atoms. The van der Waals surface area contributed by atoms with E-state index in [-0.39, 0.29) is 25.4 Å². The molecule has 2 atom stereocenters. The summed E-state index contributed by atoms with van der Waals surface area (Å²) in [5, 5.41) is 21.5. The number of rotatable bonds is 5. The smallest absolute Gasteiger partial charge is 0.0753 e. The lowest BCUT2D eigenvalue weighted by Gasteiger charge is -2.44. The molecular formula is C10H23N3O2. The molecule has 0 aromatic rings. The van der Waals surface area contributed by atoms with Gasteiger partial charge in [-0.15, -0.1) is 0 Å². The lowest BCUT2D eigenvalue weighted by molar-refractivity contribution is 0.0274. The van der Waals surface area contributed by atoms with Crippen LogP contribution in [0.4, 0.5) is 0 Å². The van der Waals surface area contributed by atoms with Crippen molar-refractivity contribution in [2.24, 2.45) is 0 Å². The Labute approximate surface area is 91.7 Å². The minimum atomic E-state index is 0.183. The van der Waals surface area contributed by atoms with E-state index in [1.165, 1.54) is 0 Å². The van der Waals surface area contributed by atoms with Crippen molar-refractivity contribution in [1.29, 1.82) is 0 Å². The Balaban J connectivity index is 2.62. The molecule has 2 unspecified atom stereocenters. The third kappa shape index (κ3) is 3.39. The summed E-state index contributed by atoms with van der Waals surface area (Å²) in [6.45, 7) is 2.94. The quantitative estimate of drug-likeness (QED) is 0.524. The second-order valence-corrected chi connectivity index (χ2v) is 4.20. The van der Waals surface area contributed by atoms with Gasteiger partial charge in [0.2, 0.25) is 0 Å². The summed E-state index contributed by atoms with van der Waals surface area (Å²) in [5.41, 5.74) is 0. The number of aliphatic hydroxyl groups is 2. The first-order valence-electron chi connectivity index (χ1n) is 5.56. The molecule has 1 aliphatic heterocycles. The molecule has 5 heteroatoms. The summed E-state index contributed by atoms with van der Waals surface area (Å²) in [7, 11) is 4.06. The maximum Gasteiger partial charge on any atom is 0.0753 e. The maximum atomic E-state index is 9.07. The van der Waals surface area contributed by atoms with Crippen molar-refractivity contribution < 1.29 is 10.2 Å². The van der Waals surface area contributed by atoms with E-state index in [1.54, 1.807) is 0 Å². The minimum Gasteiger partial charge on any atom is -0.396 e. The van der Waals surface area contributed by atoms with Crippen molar-refractivity contribution >= 4 is 0 Å². The number of nitrogens with zero attached hydrogens (tertiary/aromatic N) is 2. The van der Waals surface area contributed by atoms with Crippen molar-refractivity contribution in [3.63, 3.8) is 0 Å². The number of piperazine rings is 1. The SMILES string of the molecule is CN(C)C1NCCN(CCO)C1CCO. The molecule has 1 fully saturated rings. The fraction of sp³-hybridized carbons (Fsp3) is 1.00. The van der Waals surface area contributed by atoms with Gasteiger partial charge in [0.15, 0.2) is 0 Å². The van der Waals surface area contributed by atoms with Gasteiger partial charge in [0.25, 0.3) is 0 Å². The van der Waals surface area contributed by atoms with Crippen LogP contribution in [0.1, 0.15) is 6.42 Å². The third-order valence-electron chi connectivity index (χ3n) is 2.95. The van der Waals surface area contributed by atoms with Gasteiger partial charge in [-0.1, -0.05) is 0 Å². The highest BCUT2D eigenvalue weighted by Gasteiger charge is 2.31. The molecule has 15 heavy (non-hydrogen) atoms. The molecule has 1 heterocycles. The molecule has 90 valence electrons. The van der Waals surface area contributed by atoms with Crippen LogP contribution in [0.25, 0.3) is 0 Å². The number of hydrogen-bond acceptors (Lipinski definition) is 5. The standard InChI is InChI=1S/C10H23N3O2/c1-12(2)10-9(3-7-14)13(6-8-15)5-4-11-10/h9-11,14-15H,3-8H2,1-2H3. The molecule has 0 aromatic heterocycles. The highest BCUT2D eigenvalue weighted by Crippen LogP contribution is 2.14. The van der Waals surface area contributed by atoms with E-state index in [0.29, 0.717) is 6.54 Å². The monoisotopic (exact) mass is 217 g/mol. The van der Waals surface area contributed by atoms with Gasteiger partial charge in [-0.3, -0.25) is 15.1 Å². The molecule has 0 saturated carbocycles. The second-order valence-electron chi connectivity index (χ2n) is 4.20. The zero-order valence-electron chi connectivity index (χ0n) is 9.69. The Morgan fingerprint density at radius 2 is 2.07 bits per heavy atom. The molecule has 1 aliphatic rings. The van der Waals surface area contributed by atoms with Crippen molar-refractivity contribution in [2.45, 2.75) is 18.6 Å². The average Bonchev–Trinajstić information content (AvgIpc) is 2.21. The van der Waals surface area contributed by atoms with Crippen LogP contribution in [-0.4, -0.2) is 79.2 Å². The van der Waals surface area contributed by atoms with Gasteiger partial charge in [0, 0.05) is 32.3 Å². The zero-order valence-corrected chi connectivity index (χ0v) is 9.69. The van der Waals surface area contributed by atoms with E-state index in [0.717, 1.165) is 19.5 Å². The molecule has 0 bridgehead atoms. The van der Waals surface area contributed by atoms with Crippen molar-refractivity contribution in [2.75, 3.05) is 46.9 Å². The summed E-state index contributed by atoms with van der Waals surface area (Å²) in [5.74, 6) is 0. The fourth-order valence-electron chi connectivity index (χ4n) is 2.26. The molecule has 1 rings (SSSR count). The van der Waals surface area contributed by atoms with E-state index in [2.05, 4.69) is 15.1 Å². The number of nitrogens with one attached hydrogen (secondary N) is 1. The van der Waals surface area contributed by atoms with Gasteiger partial charge < -0.3 is 10.2 Å². The third-order valence-corrected chi connectivity index (χ3v) is 2.95. The molecular weight excluding hydrogens is 194 g/mol. The van der Waals surface area contributed by atoms with E-state index in [1.807, 2.05) is 14.1 Å². The van der Waals surface area contributed by atoms with Gasteiger partial charge in [-0.05, 0) is 20.5 Å². The van der Waals surface area contributed by atoms with Crippen LogP contribution in [0.15, 0.2) is 0 Å². The average molecular weight is 217 g/mol. The van der Waals surface area contributed by atoms with Crippen molar-refractivity contribution in [3.8, 4) is 0 Å². The zero-order chi connectivity index (χ0) is 11.3. The van der Waals surface area contributed by atoms with Gasteiger partial charge in [0.1, 0.15) is 0 Å². The molecule has 0 radical (unpaired) electrons. The summed E-state index contributed by atoms with van der Waals surface area (Å²) in [6.07, 6.45) is 1.01. The number of β-amino-alcohol motifs (C(OH)–C–C–N with tert-alkyl or cyclic N) is 1. The number of aliphatic hydroxyl groups excluding tert-OH is 2. The Hall–Kier alpha value is -0.200. The van der Waals surface area contributed by atoms with Crippen molar-refractivity contribution in [3.05, 3.63) is 0 Å². The number of hydrogen-bond donors (Lipinski definition) is 3. The summed E-state index contributed by atoms with van der Waals surface area (Å²) >= 11 is 0. The van der Waals surface area contributed by atoms with Crippen LogP contribution in [0.3, 0.4) is 0 Å². The lowest BCUT2D eigenvalue weighted by Crippen LogP contribution is -2.63. The first-order valence-corrected chi connectivity index (χ1v) is 5.56. The highest BCUT2D eigenvalue weighted by molar-refractivity contribution is 4.87. The Bertz CT molecular complexity index is 176. The van der Waals surface area contributed by atoms with Gasteiger partial charge in [0.05, 0.1) is 12.8 Å². The predicted octanol–water partition coefficient (Wildman–Crippen LogP) is -1.48. The number of likely N-dealkylation sites (N-methyl/N-ethyl adjacent to an activating group) is 1. The Morgan fingerprint density at radius 3 is 2.60 bits per heavy atom. The Kier molecular flexibility index (Phi) is 5.49. The lowest BCUT2D eigenvalue weighted by atomic mass is 10.1. The predicted molar refractivity (Wildman–Crippen MR) is 59.6 cm³/mol.